The van der Waals surface area contributed by atoms with Crippen LogP contribution in [-0.4, -0.2) is 24.5 Å². The highest BCUT2D eigenvalue weighted by Crippen LogP contribution is 2.18. The number of pyridine rings is 1. The summed E-state index contributed by atoms with van der Waals surface area (Å²) in [7, 11) is 1.62. The summed E-state index contributed by atoms with van der Waals surface area (Å²) in [6.45, 7) is 0.587. The van der Waals surface area contributed by atoms with Gasteiger partial charge in [0.1, 0.15) is 5.75 Å². The van der Waals surface area contributed by atoms with E-state index in [0.29, 0.717) is 13.0 Å². The average Bonchev–Trinajstić information content (AvgIpc) is 2.62. The number of hydrogen-bond acceptors (Lipinski definition) is 3. The van der Waals surface area contributed by atoms with Crippen molar-refractivity contribution in [2.24, 2.45) is 0 Å². The Bertz CT molecular complexity index is 840. The number of benzene rings is 2. The molecule has 0 atom stereocenters. The smallest absolute Gasteiger partial charge is 0.224 e. The number of amides is 1. The van der Waals surface area contributed by atoms with Crippen molar-refractivity contribution in [2.75, 3.05) is 13.7 Å². The second-order valence-corrected chi connectivity index (χ2v) is 5.58. The maximum absolute atomic E-state index is 12.2. The Hall–Kier alpha value is -2.88. The van der Waals surface area contributed by atoms with E-state index in [1.807, 2.05) is 48.5 Å². The van der Waals surface area contributed by atoms with E-state index < -0.39 is 0 Å². The average molecular weight is 320 g/mol. The Balaban J connectivity index is 1.59. The van der Waals surface area contributed by atoms with Crippen LogP contribution in [0.5, 0.6) is 5.75 Å². The predicted octanol–water partition coefficient (Wildman–Crippen LogP) is 3.14. The zero-order valence-electron chi connectivity index (χ0n) is 13.7. The molecule has 1 heterocycles. The number of carbonyl (C=O) groups is 1. The minimum Gasteiger partial charge on any atom is -0.496 e. The van der Waals surface area contributed by atoms with Crippen molar-refractivity contribution in [3.63, 3.8) is 0 Å². The fourth-order valence-corrected chi connectivity index (χ4v) is 2.79. The molecule has 0 aliphatic carbocycles. The zero-order valence-corrected chi connectivity index (χ0v) is 13.7. The Labute approximate surface area is 141 Å². The number of carbonyl (C=O) groups excluding carboxylic acids is 1. The van der Waals surface area contributed by atoms with Crippen molar-refractivity contribution in [3.05, 3.63) is 71.9 Å². The number of nitrogens with one attached hydrogen (secondary N) is 1. The van der Waals surface area contributed by atoms with Gasteiger partial charge in [0.25, 0.3) is 0 Å². The van der Waals surface area contributed by atoms with Crippen LogP contribution in [-0.2, 0) is 17.6 Å². The van der Waals surface area contributed by atoms with Gasteiger partial charge in [-0.1, -0.05) is 42.5 Å². The van der Waals surface area contributed by atoms with Crippen molar-refractivity contribution in [1.82, 2.24) is 10.3 Å². The van der Waals surface area contributed by atoms with Crippen LogP contribution in [0.4, 0.5) is 0 Å². The second-order valence-electron chi connectivity index (χ2n) is 5.58. The van der Waals surface area contributed by atoms with Gasteiger partial charge in [-0.3, -0.25) is 9.78 Å². The van der Waals surface area contributed by atoms with Gasteiger partial charge in [0.15, 0.2) is 0 Å². The molecule has 1 N–H and O–H groups in total. The highest BCUT2D eigenvalue weighted by atomic mass is 16.5. The first kappa shape index (κ1) is 16.0. The molecule has 0 spiro atoms. The van der Waals surface area contributed by atoms with Gasteiger partial charge in [0, 0.05) is 23.7 Å². The van der Waals surface area contributed by atoms with Crippen molar-refractivity contribution < 1.29 is 9.53 Å². The van der Waals surface area contributed by atoms with Gasteiger partial charge < -0.3 is 10.1 Å². The quantitative estimate of drug-likeness (QED) is 0.759. The maximum Gasteiger partial charge on any atom is 0.224 e. The molecule has 0 fully saturated rings. The van der Waals surface area contributed by atoms with Gasteiger partial charge in [-0.2, -0.15) is 0 Å². The summed E-state index contributed by atoms with van der Waals surface area (Å²) >= 11 is 0. The molecule has 3 aromatic rings. The third kappa shape index (κ3) is 3.71. The Morgan fingerprint density at radius 1 is 1.04 bits per heavy atom. The lowest BCUT2D eigenvalue weighted by atomic mass is 10.1. The number of para-hydroxylation sites is 2. The molecule has 0 unspecified atom stereocenters. The summed E-state index contributed by atoms with van der Waals surface area (Å²) in [5, 5.41) is 4.09. The number of fused-ring (bicyclic) bond motifs is 1. The van der Waals surface area contributed by atoms with E-state index in [0.717, 1.165) is 34.2 Å². The molecule has 0 aliphatic rings. The molecule has 4 nitrogen and oxygen atoms in total. The van der Waals surface area contributed by atoms with Crippen LogP contribution < -0.4 is 10.1 Å². The number of hydrogen-bond donors (Lipinski definition) is 1. The minimum atomic E-state index is -0.00676. The first-order valence-electron chi connectivity index (χ1n) is 7.99. The first-order chi connectivity index (χ1) is 11.8. The van der Waals surface area contributed by atoms with Gasteiger partial charge in [0.05, 0.1) is 19.0 Å². The molecule has 0 saturated carbocycles. The van der Waals surface area contributed by atoms with Crippen molar-refractivity contribution in [3.8, 4) is 5.75 Å². The third-order valence-corrected chi connectivity index (χ3v) is 3.98. The van der Waals surface area contributed by atoms with E-state index in [-0.39, 0.29) is 5.91 Å². The second kappa shape index (κ2) is 7.59. The molecule has 1 aromatic heterocycles. The Morgan fingerprint density at radius 3 is 2.71 bits per heavy atom. The van der Waals surface area contributed by atoms with Crippen LogP contribution in [0, 0.1) is 0 Å². The summed E-state index contributed by atoms with van der Waals surface area (Å²) in [5.74, 6) is 0.735. The highest BCUT2D eigenvalue weighted by molar-refractivity contribution is 5.82. The molecule has 0 bridgehead atoms. The number of rotatable bonds is 6. The molecule has 2 aromatic carbocycles. The van der Waals surface area contributed by atoms with E-state index in [1.165, 1.54) is 0 Å². The van der Waals surface area contributed by atoms with Crippen LogP contribution in [0.15, 0.2) is 60.8 Å². The van der Waals surface area contributed by atoms with Crippen molar-refractivity contribution in [2.45, 2.75) is 12.8 Å². The Kier molecular flexibility index (Phi) is 5.06. The zero-order chi connectivity index (χ0) is 16.8. The molecule has 24 heavy (non-hydrogen) atoms. The van der Waals surface area contributed by atoms with Crippen LogP contribution >= 0.6 is 0 Å². The van der Waals surface area contributed by atoms with Crippen LogP contribution in [0.2, 0.25) is 0 Å². The lowest BCUT2D eigenvalue weighted by Gasteiger charge is -2.09. The molecular formula is C20H20N2O2. The Morgan fingerprint density at radius 2 is 1.83 bits per heavy atom. The summed E-state index contributed by atoms with van der Waals surface area (Å²) in [4.78, 5) is 16.6. The largest absolute Gasteiger partial charge is 0.496 e. The molecule has 122 valence electrons. The SMILES string of the molecule is COc1ccccc1CC(=O)NCCc1cccc2cccnc12. The first-order valence-corrected chi connectivity index (χ1v) is 7.99. The van der Waals surface area contributed by atoms with Gasteiger partial charge >= 0.3 is 0 Å². The summed E-state index contributed by atoms with van der Waals surface area (Å²) < 4.78 is 5.28. The molecule has 4 heteroatoms. The summed E-state index contributed by atoms with van der Waals surface area (Å²) in [5.41, 5.74) is 3.04. The number of nitrogens with zero attached hydrogens (tertiary/aromatic N) is 1. The van der Waals surface area contributed by atoms with Crippen LogP contribution in [0.25, 0.3) is 10.9 Å². The van der Waals surface area contributed by atoms with E-state index >= 15 is 0 Å². The standard InChI is InChI=1S/C20H20N2O2/c1-24-18-10-3-2-6-17(18)14-19(23)21-13-11-16-8-4-7-15-9-5-12-22-20(15)16/h2-10,12H,11,13-14H2,1H3,(H,21,23). The fourth-order valence-electron chi connectivity index (χ4n) is 2.79. The normalized spacial score (nSPS) is 10.5. The van der Waals surface area contributed by atoms with E-state index in [2.05, 4.69) is 16.4 Å². The van der Waals surface area contributed by atoms with Crippen molar-refractivity contribution >= 4 is 16.8 Å². The summed E-state index contributed by atoms with van der Waals surface area (Å²) in [6.07, 6.45) is 2.87. The number of methoxy groups -OCH3 is 1. The van der Waals surface area contributed by atoms with E-state index in [1.54, 1.807) is 13.3 Å². The third-order valence-electron chi connectivity index (χ3n) is 3.98. The molecular weight excluding hydrogens is 300 g/mol. The number of aromatic nitrogens is 1. The molecule has 0 saturated heterocycles. The van der Waals surface area contributed by atoms with Gasteiger partial charge in [0.2, 0.25) is 5.91 Å². The molecule has 0 radical (unpaired) electrons. The molecule has 1 amide bonds. The monoisotopic (exact) mass is 320 g/mol. The van der Waals surface area contributed by atoms with Gasteiger partial charge in [-0.15, -0.1) is 0 Å². The summed E-state index contributed by atoms with van der Waals surface area (Å²) in [6, 6.07) is 17.7. The molecule has 3 rings (SSSR count). The number of ether oxygens (including phenoxy) is 1. The minimum absolute atomic E-state index is 0.00676. The van der Waals surface area contributed by atoms with Crippen LogP contribution in [0.1, 0.15) is 11.1 Å². The fraction of sp³-hybridized carbons (Fsp3) is 0.200. The topological polar surface area (TPSA) is 51.2 Å². The van der Waals surface area contributed by atoms with Crippen LogP contribution in [0.3, 0.4) is 0 Å². The van der Waals surface area contributed by atoms with Gasteiger partial charge in [-0.05, 0) is 24.1 Å². The van der Waals surface area contributed by atoms with Gasteiger partial charge in [-0.25, -0.2) is 0 Å². The lowest BCUT2D eigenvalue weighted by molar-refractivity contribution is -0.120. The van der Waals surface area contributed by atoms with Crippen molar-refractivity contribution in [1.29, 1.82) is 0 Å². The maximum atomic E-state index is 12.2. The highest BCUT2D eigenvalue weighted by Gasteiger charge is 2.08. The van der Waals surface area contributed by atoms with E-state index in [4.69, 9.17) is 4.74 Å². The predicted molar refractivity (Wildman–Crippen MR) is 95.2 cm³/mol. The molecule has 0 aliphatic heterocycles. The lowest BCUT2D eigenvalue weighted by Crippen LogP contribution is -2.27. The van der Waals surface area contributed by atoms with E-state index in [9.17, 15) is 4.79 Å².